The average Bonchev–Trinajstić information content (AvgIpc) is 3.70. The predicted molar refractivity (Wildman–Crippen MR) is 209 cm³/mol. The highest BCUT2D eigenvalue weighted by Crippen LogP contribution is 2.63. The fraction of sp³-hybridized carbons (Fsp3) is 0.0213. The first-order valence-corrected chi connectivity index (χ1v) is 17.8. The van der Waals surface area contributed by atoms with Gasteiger partial charge in [0.25, 0.3) is 0 Å². The second-order valence-corrected chi connectivity index (χ2v) is 13.7. The molecule has 0 fully saturated rings. The second kappa shape index (κ2) is 10.4. The number of rotatable bonds is 2. The van der Waals surface area contributed by atoms with Gasteiger partial charge < -0.3 is 18.9 Å². The highest BCUT2D eigenvalue weighted by Gasteiger charge is 2.54. The molecule has 2 aliphatic heterocycles. The highest BCUT2D eigenvalue weighted by molar-refractivity contribution is 6.09. The number of aromatic nitrogens is 3. The summed E-state index contributed by atoms with van der Waals surface area (Å²) in [6, 6.07) is 55.1. The van der Waals surface area contributed by atoms with Gasteiger partial charge in [0.15, 0.2) is 11.5 Å². The smallest absolute Gasteiger partial charge is 0.151 e. The van der Waals surface area contributed by atoms with Crippen LogP contribution in [-0.4, -0.2) is 14.5 Å². The SMILES string of the molecule is c1ccc2c(c1)Oc1ccccc1N2c1cnc2c(c1)C1(c3ccccc3Oc3cccc(-n4c5ccccc5c5ccccc54)c31)c1cccnc1-2. The first-order valence-electron chi connectivity index (χ1n) is 17.8. The summed E-state index contributed by atoms with van der Waals surface area (Å²) >= 11 is 0. The van der Waals surface area contributed by atoms with Crippen LogP contribution < -0.4 is 14.4 Å². The molecule has 53 heavy (non-hydrogen) atoms. The van der Waals surface area contributed by atoms with Gasteiger partial charge in [0.2, 0.25) is 0 Å². The lowest BCUT2D eigenvalue weighted by Crippen LogP contribution is -2.34. The summed E-state index contributed by atoms with van der Waals surface area (Å²) in [7, 11) is 0. The maximum absolute atomic E-state index is 6.92. The summed E-state index contributed by atoms with van der Waals surface area (Å²) in [6.45, 7) is 0. The zero-order valence-electron chi connectivity index (χ0n) is 28.3. The predicted octanol–water partition coefficient (Wildman–Crippen LogP) is 11.6. The van der Waals surface area contributed by atoms with Crippen LogP contribution in [0.15, 0.2) is 170 Å². The summed E-state index contributed by atoms with van der Waals surface area (Å²) in [5.74, 6) is 3.20. The van der Waals surface area contributed by atoms with Gasteiger partial charge in [-0.15, -0.1) is 0 Å². The number of pyridine rings is 2. The van der Waals surface area contributed by atoms with Crippen molar-refractivity contribution in [2.24, 2.45) is 0 Å². The molecule has 1 aliphatic carbocycles. The van der Waals surface area contributed by atoms with Crippen LogP contribution in [0, 0.1) is 0 Å². The molecular weight excluding hydrogens is 653 g/mol. The number of anilines is 3. The Balaban J connectivity index is 1.22. The van der Waals surface area contributed by atoms with E-state index in [-0.39, 0.29) is 0 Å². The van der Waals surface area contributed by atoms with E-state index >= 15 is 0 Å². The molecule has 0 N–H and O–H groups in total. The maximum Gasteiger partial charge on any atom is 0.151 e. The van der Waals surface area contributed by atoms with Gasteiger partial charge in [0, 0.05) is 33.7 Å². The van der Waals surface area contributed by atoms with Gasteiger partial charge in [-0.3, -0.25) is 9.97 Å². The van der Waals surface area contributed by atoms with Gasteiger partial charge in [0.1, 0.15) is 11.5 Å². The quantitative estimate of drug-likeness (QED) is 0.182. The molecule has 1 unspecified atom stereocenters. The van der Waals surface area contributed by atoms with Crippen molar-refractivity contribution in [1.82, 2.24) is 14.5 Å². The van der Waals surface area contributed by atoms with Gasteiger partial charge in [-0.05, 0) is 72.3 Å². The van der Waals surface area contributed by atoms with Crippen LogP contribution in [0.5, 0.6) is 23.0 Å². The monoisotopic (exact) mass is 680 g/mol. The van der Waals surface area contributed by atoms with Crippen LogP contribution in [0.25, 0.3) is 38.9 Å². The first-order chi connectivity index (χ1) is 26.3. The number of ether oxygens (including phenoxy) is 2. The maximum atomic E-state index is 6.92. The van der Waals surface area contributed by atoms with Crippen molar-refractivity contribution in [1.29, 1.82) is 0 Å². The molecule has 0 bridgehead atoms. The van der Waals surface area contributed by atoms with Crippen LogP contribution in [0.4, 0.5) is 17.1 Å². The summed E-state index contributed by atoms with van der Waals surface area (Å²) < 4.78 is 15.7. The van der Waals surface area contributed by atoms with Crippen molar-refractivity contribution >= 4 is 38.9 Å². The molecule has 0 amide bonds. The van der Waals surface area contributed by atoms with Gasteiger partial charge in [-0.1, -0.05) is 91.0 Å². The topological polar surface area (TPSA) is 52.4 Å². The lowest BCUT2D eigenvalue weighted by atomic mass is 9.65. The summed E-state index contributed by atoms with van der Waals surface area (Å²) in [5.41, 5.74) is 11.3. The Morgan fingerprint density at radius 3 is 1.77 bits per heavy atom. The van der Waals surface area contributed by atoms with Crippen LogP contribution in [-0.2, 0) is 5.41 Å². The van der Waals surface area contributed by atoms with Crippen molar-refractivity contribution in [2.45, 2.75) is 5.41 Å². The summed E-state index contributed by atoms with van der Waals surface area (Å²) in [5, 5.41) is 2.41. The normalized spacial score (nSPS) is 15.9. The van der Waals surface area contributed by atoms with Crippen LogP contribution in [0.1, 0.15) is 22.3 Å². The van der Waals surface area contributed by atoms with Crippen LogP contribution >= 0.6 is 0 Å². The number of benzene rings is 6. The lowest BCUT2D eigenvalue weighted by molar-refractivity contribution is 0.435. The van der Waals surface area contributed by atoms with E-state index in [0.29, 0.717) is 0 Å². The molecule has 12 rings (SSSR count). The minimum absolute atomic E-state index is 0.793. The van der Waals surface area contributed by atoms with E-state index in [1.165, 1.54) is 10.8 Å². The average molecular weight is 681 g/mol. The molecule has 3 aliphatic rings. The molecule has 6 heteroatoms. The second-order valence-electron chi connectivity index (χ2n) is 13.7. The minimum Gasteiger partial charge on any atom is -0.457 e. The number of para-hydroxylation sites is 7. The van der Waals surface area contributed by atoms with Crippen molar-refractivity contribution in [3.8, 4) is 40.1 Å². The molecule has 5 heterocycles. The standard InChI is InChI=1S/C47H28N4O2/c1-4-17-35-30(13-1)31-14-2-5-18-36(31)51(35)39-21-11-25-43-44(39)47(32-15-3-8-22-40(32)52-43)33-16-12-26-48-45(33)46-34(47)27-29(28-49-46)50-37-19-6-9-23-41(37)53-42-24-10-7-20-38(42)50/h1-28H. The van der Waals surface area contributed by atoms with E-state index < -0.39 is 5.41 Å². The lowest BCUT2D eigenvalue weighted by Gasteiger charge is -2.40. The Bertz CT molecular complexity index is 2900. The fourth-order valence-electron chi connectivity index (χ4n) is 9.10. The Labute approximate surface area is 304 Å². The molecule has 6 nitrogen and oxygen atoms in total. The molecule has 3 aromatic heterocycles. The van der Waals surface area contributed by atoms with Crippen molar-refractivity contribution in [2.75, 3.05) is 4.90 Å². The molecule has 248 valence electrons. The molecule has 0 radical (unpaired) electrons. The first kappa shape index (κ1) is 28.5. The van der Waals surface area contributed by atoms with Gasteiger partial charge >= 0.3 is 0 Å². The highest BCUT2D eigenvalue weighted by atomic mass is 16.5. The third-order valence-electron chi connectivity index (χ3n) is 11.1. The number of hydrogen-bond donors (Lipinski definition) is 0. The number of fused-ring (bicyclic) bond motifs is 14. The molecular formula is C47H28N4O2. The van der Waals surface area contributed by atoms with E-state index in [1.54, 1.807) is 0 Å². The van der Waals surface area contributed by atoms with E-state index in [9.17, 15) is 0 Å². The third-order valence-corrected chi connectivity index (χ3v) is 11.1. The molecule has 1 spiro atoms. The van der Waals surface area contributed by atoms with E-state index in [1.807, 2.05) is 60.9 Å². The van der Waals surface area contributed by atoms with Gasteiger partial charge in [-0.25, -0.2) is 0 Å². The largest absolute Gasteiger partial charge is 0.457 e. The minimum atomic E-state index is -0.819. The van der Waals surface area contributed by atoms with E-state index in [4.69, 9.17) is 19.4 Å². The fourth-order valence-corrected chi connectivity index (χ4v) is 9.10. The number of nitrogens with zero attached hydrogens (tertiary/aromatic N) is 4. The number of hydrogen-bond acceptors (Lipinski definition) is 5. The van der Waals surface area contributed by atoms with Crippen molar-refractivity contribution < 1.29 is 9.47 Å². The Hall–Kier alpha value is -7.18. The zero-order chi connectivity index (χ0) is 34.7. The van der Waals surface area contributed by atoms with Crippen LogP contribution in [0.3, 0.4) is 0 Å². The van der Waals surface area contributed by atoms with Gasteiger partial charge in [-0.2, -0.15) is 0 Å². The summed E-state index contributed by atoms with van der Waals surface area (Å²) in [6.07, 6.45) is 3.84. The molecule has 0 saturated heterocycles. The molecule has 6 aromatic carbocycles. The molecule has 1 atom stereocenters. The van der Waals surface area contributed by atoms with Crippen molar-refractivity contribution in [3.05, 3.63) is 192 Å². The molecule has 0 saturated carbocycles. The molecule has 9 aromatic rings. The third kappa shape index (κ3) is 3.66. The van der Waals surface area contributed by atoms with Gasteiger partial charge in [0.05, 0.1) is 56.8 Å². The summed E-state index contributed by atoms with van der Waals surface area (Å²) in [4.78, 5) is 12.6. The zero-order valence-corrected chi connectivity index (χ0v) is 28.3. The van der Waals surface area contributed by atoms with E-state index in [2.05, 4.69) is 119 Å². The Morgan fingerprint density at radius 1 is 0.453 bits per heavy atom. The van der Waals surface area contributed by atoms with Crippen molar-refractivity contribution in [3.63, 3.8) is 0 Å². The van der Waals surface area contributed by atoms with E-state index in [0.717, 1.165) is 90.4 Å². The Kier molecular flexibility index (Phi) is 5.61. The van der Waals surface area contributed by atoms with Crippen LogP contribution in [0.2, 0.25) is 0 Å². The Morgan fingerprint density at radius 2 is 1.02 bits per heavy atom.